The maximum atomic E-state index is 13.9. The van der Waals surface area contributed by atoms with Crippen molar-refractivity contribution in [1.82, 2.24) is 30.1 Å². The molecule has 130 valence electrons. The summed E-state index contributed by atoms with van der Waals surface area (Å²) < 4.78 is 21.5. The van der Waals surface area contributed by atoms with Crippen molar-refractivity contribution in [3.05, 3.63) is 47.9 Å². The zero-order valence-electron chi connectivity index (χ0n) is 14.2. The first-order valence-electron chi connectivity index (χ1n) is 8.27. The molecular weight excluding hydrogens is 323 g/mol. The summed E-state index contributed by atoms with van der Waals surface area (Å²) in [4.78, 5) is 2.28. The molecule has 7 nitrogen and oxygen atoms in total. The molecule has 1 aliphatic heterocycles. The summed E-state index contributed by atoms with van der Waals surface area (Å²) in [5.74, 6) is 0.406. The Morgan fingerprint density at radius 3 is 2.80 bits per heavy atom. The lowest BCUT2D eigenvalue weighted by atomic mass is 9.82. The third-order valence-electron chi connectivity index (χ3n) is 4.57. The SMILES string of the molecule is CCn1nncc1CN1CC(C)(c2nnc(-c3ccccc3F)o2)C1. The van der Waals surface area contributed by atoms with E-state index in [1.807, 2.05) is 11.6 Å². The van der Waals surface area contributed by atoms with Crippen molar-refractivity contribution in [1.29, 1.82) is 0 Å². The maximum Gasteiger partial charge on any atom is 0.250 e. The standard InChI is InChI=1S/C17H19FN6O/c1-3-24-12(8-19-22-24)9-23-10-17(2,11-23)16-21-20-15(25-16)13-6-4-5-7-14(13)18/h4-8H,3,9-11H2,1-2H3. The number of aryl methyl sites for hydroxylation is 1. The van der Waals surface area contributed by atoms with Gasteiger partial charge in [0, 0.05) is 26.2 Å². The topological polar surface area (TPSA) is 72.9 Å². The van der Waals surface area contributed by atoms with E-state index in [0.717, 1.165) is 31.9 Å². The highest BCUT2D eigenvalue weighted by Gasteiger charge is 2.44. The lowest BCUT2D eigenvalue weighted by molar-refractivity contribution is 0.0489. The van der Waals surface area contributed by atoms with E-state index in [0.29, 0.717) is 11.5 Å². The van der Waals surface area contributed by atoms with Crippen LogP contribution in [0.2, 0.25) is 0 Å². The molecule has 0 atom stereocenters. The van der Waals surface area contributed by atoms with Gasteiger partial charge >= 0.3 is 0 Å². The van der Waals surface area contributed by atoms with Crippen LogP contribution >= 0.6 is 0 Å². The normalized spacial score (nSPS) is 16.8. The van der Waals surface area contributed by atoms with Crippen LogP contribution in [0.4, 0.5) is 4.39 Å². The van der Waals surface area contributed by atoms with Gasteiger partial charge in [0.2, 0.25) is 5.89 Å². The van der Waals surface area contributed by atoms with Crippen molar-refractivity contribution in [2.75, 3.05) is 13.1 Å². The summed E-state index contributed by atoms with van der Waals surface area (Å²) in [6, 6.07) is 6.41. The van der Waals surface area contributed by atoms with E-state index in [9.17, 15) is 4.39 Å². The number of aromatic nitrogens is 5. The van der Waals surface area contributed by atoms with Crippen molar-refractivity contribution < 1.29 is 8.81 Å². The molecule has 0 amide bonds. The lowest BCUT2D eigenvalue weighted by Gasteiger charge is -2.45. The van der Waals surface area contributed by atoms with Crippen LogP contribution in [0.15, 0.2) is 34.9 Å². The van der Waals surface area contributed by atoms with Crippen LogP contribution in [0.3, 0.4) is 0 Å². The second kappa shape index (κ2) is 6.03. The van der Waals surface area contributed by atoms with Gasteiger partial charge in [-0.2, -0.15) is 0 Å². The summed E-state index contributed by atoms with van der Waals surface area (Å²) in [5.41, 5.74) is 1.20. The fraction of sp³-hybridized carbons (Fsp3) is 0.412. The van der Waals surface area contributed by atoms with Crippen LogP contribution in [-0.2, 0) is 18.5 Å². The van der Waals surface area contributed by atoms with Gasteiger partial charge < -0.3 is 4.42 Å². The molecule has 0 radical (unpaired) electrons. The second-order valence-corrected chi connectivity index (χ2v) is 6.64. The van der Waals surface area contributed by atoms with Crippen LogP contribution in [0.1, 0.15) is 25.4 Å². The van der Waals surface area contributed by atoms with Gasteiger partial charge in [-0.1, -0.05) is 17.3 Å². The summed E-state index contributed by atoms with van der Waals surface area (Å²) >= 11 is 0. The van der Waals surface area contributed by atoms with Crippen molar-refractivity contribution in [2.45, 2.75) is 32.4 Å². The van der Waals surface area contributed by atoms with Gasteiger partial charge in [-0.25, -0.2) is 9.07 Å². The molecule has 0 saturated carbocycles. The molecule has 0 unspecified atom stereocenters. The Morgan fingerprint density at radius 2 is 2.04 bits per heavy atom. The number of hydrogen-bond acceptors (Lipinski definition) is 6. The van der Waals surface area contributed by atoms with Crippen LogP contribution in [0.5, 0.6) is 0 Å². The molecule has 0 aliphatic carbocycles. The third-order valence-corrected chi connectivity index (χ3v) is 4.57. The van der Waals surface area contributed by atoms with Crippen LogP contribution < -0.4 is 0 Å². The number of hydrogen-bond donors (Lipinski definition) is 0. The fourth-order valence-corrected chi connectivity index (χ4v) is 3.30. The monoisotopic (exact) mass is 342 g/mol. The molecule has 8 heteroatoms. The van der Waals surface area contributed by atoms with Crippen molar-refractivity contribution in [3.63, 3.8) is 0 Å². The average molecular weight is 342 g/mol. The van der Waals surface area contributed by atoms with Gasteiger partial charge in [0.1, 0.15) is 5.82 Å². The van der Waals surface area contributed by atoms with Crippen molar-refractivity contribution >= 4 is 0 Å². The summed E-state index contributed by atoms with van der Waals surface area (Å²) in [7, 11) is 0. The maximum absolute atomic E-state index is 13.9. The molecule has 1 aromatic carbocycles. The minimum Gasteiger partial charge on any atom is -0.420 e. The average Bonchev–Trinajstić information content (AvgIpc) is 3.23. The molecule has 2 aromatic heterocycles. The molecule has 4 rings (SSSR count). The second-order valence-electron chi connectivity index (χ2n) is 6.64. The number of nitrogens with zero attached hydrogens (tertiary/aromatic N) is 6. The first kappa shape index (κ1) is 15.9. The Morgan fingerprint density at radius 1 is 1.24 bits per heavy atom. The number of halogens is 1. The van der Waals surface area contributed by atoms with E-state index in [-0.39, 0.29) is 17.1 Å². The van der Waals surface area contributed by atoms with Crippen molar-refractivity contribution in [3.8, 4) is 11.5 Å². The smallest absolute Gasteiger partial charge is 0.250 e. The molecule has 1 fully saturated rings. The molecule has 1 aliphatic rings. The molecule has 0 bridgehead atoms. The highest BCUT2D eigenvalue weighted by Crippen LogP contribution is 2.35. The first-order valence-corrected chi connectivity index (χ1v) is 8.27. The van der Waals surface area contributed by atoms with Crippen LogP contribution in [0, 0.1) is 5.82 Å². The van der Waals surface area contributed by atoms with Gasteiger partial charge in [-0.15, -0.1) is 15.3 Å². The highest BCUT2D eigenvalue weighted by molar-refractivity contribution is 5.53. The Labute approximate surface area is 144 Å². The third kappa shape index (κ3) is 2.82. The number of likely N-dealkylation sites (tertiary alicyclic amines) is 1. The molecule has 0 N–H and O–H groups in total. The zero-order chi connectivity index (χ0) is 17.4. The Hall–Kier alpha value is -2.61. The molecule has 3 heterocycles. The van der Waals surface area contributed by atoms with E-state index in [4.69, 9.17) is 4.42 Å². The lowest BCUT2D eigenvalue weighted by Crippen LogP contribution is -2.57. The number of rotatable bonds is 5. The van der Waals surface area contributed by atoms with E-state index in [1.165, 1.54) is 6.07 Å². The van der Waals surface area contributed by atoms with Gasteiger partial charge in [0.25, 0.3) is 5.89 Å². The van der Waals surface area contributed by atoms with Gasteiger partial charge in [0.05, 0.1) is 22.9 Å². The molecule has 25 heavy (non-hydrogen) atoms. The van der Waals surface area contributed by atoms with Gasteiger partial charge in [-0.05, 0) is 26.0 Å². The largest absolute Gasteiger partial charge is 0.420 e. The van der Waals surface area contributed by atoms with E-state index in [2.05, 4.69) is 32.3 Å². The minimum absolute atomic E-state index is 0.221. The van der Waals surface area contributed by atoms with Crippen molar-refractivity contribution in [2.24, 2.45) is 0 Å². The quantitative estimate of drug-likeness (QED) is 0.708. The fourth-order valence-electron chi connectivity index (χ4n) is 3.30. The molecule has 0 spiro atoms. The summed E-state index contributed by atoms with van der Waals surface area (Å²) in [5, 5.41) is 16.2. The highest BCUT2D eigenvalue weighted by atomic mass is 19.1. The Kier molecular flexibility index (Phi) is 3.84. The summed E-state index contributed by atoms with van der Waals surface area (Å²) in [6.07, 6.45) is 1.79. The molecular formula is C17H19FN6O. The first-order chi connectivity index (χ1) is 12.1. The molecule has 1 saturated heterocycles. The van der Waals surface area contributed by atoms with Gasteiger partial charge in [0.15, 0.2) is 0 Å². The summed E-state index contributed by atoms with van der Waals surface area (Å²) in [6.45, 7) is 7.29. The van der Waals surface area contributed by atoms with E-state index >= 15 is 0 Å². The van der Waals surface area contributed by atoms with Crippen LogP contribution in [-0.4, -0.2) is 43.2 Å². The Bertz CT molecular complexity index is 883. The zero-order valence-corrected chi connectivity index (χ0v) is 14.2. The van der Waals surface area contributed by atoms with Gasteiger partial charge in [-0.3, -0.25) is 4.90 Å². The predicted octanol–water partition coefficient (Wildman–Crippen LogP) is 2.26. The molecule has 3 aromatic rings. The predicted molar refractivity (Wildman–Crippen MR) is 88.0 cm³/mol. The minimum atomic E-state index is -0.363. The number of benzene rings is 1. The van der Waals surface area contributed by atoms with E-state index in [1.54, 1.807) is 24.4 Å². The Balaban J connectivity index is 1.46. The van der Waals surface area contributed by atoms with E-state index < -0.39 is 0 Å². The van der Waals surface area contributed by atoms with Crippen LogP contribution in [0.25, 0.3) is 11.5 Å².